The number of ether oxygens (including phenoxy) is 2. The van der Waals surface area contributed by atoms with Gasteiger partial charge in [0.25, 0.3) is 0 Å². The highest BCUT2D eigenvalue weighted by molar-refractivity contribution is 5.79. The van der Waals surface area contributed by atoms with Gasteiger partial charge in [-0.1, -0.05) is 24.3 Å². The maximum Gasteiger partial charge on any atom is 0.387 e. The molecule has 2 amide bonds. The Labute approximate surface area is 168 Å². The van der Waals surface area contributed by atoms with Gasteiger partial charge in [-0.15, -0.1) is 0 Å². The second-order valence-electron chi connectivity index (χ2n) is 6.47. The van der Waals surface area contributed by atoms with Gasteiger partial charge in [0.1, 0.15) is 11.5 Å². The van der Waals surface area contributed by atoms with Crippen LogP contribution in [0.2, 0.25) is 0 Å². The Balaban J connectivity index is 2.06. The summed E-state index contributed by atoms with van der Waals surface area (Å²) in [5.74, 6) is 0.128. The van der Waals surface area contributed by atoms with Crippen LogP contribution in [-0.4, -0.2) is 25.5 Å². The monoisotopic (exact) mass is 406 g/mol. The third-order valence-corrected chi connectivity index (χ3v) is 4.25. The average Bonchev–Trinajstić information content (AvgIpc) is 2.67. The van der Waals surface area contributed by atoms with E-state index in [4.69, 9.17) is 4.74 Å². The Morgan fingerprint density at radius 2 is 1.69 bits per heavy atom. The van der Waals surface area contributed by atoms with Crippen LogP contribution in [0.4, 0.5) is 8.78 Å². The molecule has 8 heteroatoms. The first kappa shape index (κ1) is 22.1. The molecule has 0 saturated carbocycles. The van der Waals surface area contributed by atoms with Gasteiger partial charge in [-0.3, -0.25) is 9.59 Å². The Morgan fingerprint density at radius 3 is 2.28 bits per heavy atom. The fourth-order valence-electron chi connectivity index (χ4n) is 2.86. The molecule has 2 rings (SSSR count). The standard InChI is InChI=1S/C21H24F2N2O4/c1-13(16-5-4-6-18(11-16)29-21(22)23)24-20(27)12-19(25-14(2)26)15-7-9-17(28-3)10-8-15/h4-11,13,19,21H,12H2,1-3H3,(H,24,27)(H,25,26). The molecule has 2 atom stereocenters. The van der Waals surface area contributed by atoms with E-state index in [0.29, 0.717) is 11.3 Å². The summed E-state index contributed by atoms with van der Waals surface area (Å²) in [4.78, 5) is 24.1. The van der Waals surface area contributed by atoms with Crippen molar-refractivity contribution in [3.8, 4) is 11.5 Å². The lowest BCUT2D eigenvalue weighted by Gasteiger charge is -2.21. The zero-order valence-electron chi connectivity index (χ0n) is 16.4. The van der Waals surface area contributed by atoms with E-state index in [1.807, 2.05) is 0 Å². The fourth-order valence-corrected chi connectivity index (χ4v) is 2.86. The number of amides is 2. The number of nitrogens with one attached hydrogen (secondary N) is 2. The van der Waals surface area contributed by atoms with Crippen LogP contribution in [0.3, 0.4) is 0 Å². The van der Waals surface area contributed by atoms with Crippen LogP contribution in [0, 0.1) is 0 Å². The molecule has 0 heterocycles. The Morgan fingerprint density at radius 1 is 1.00 bits per heavy atom. The minimum atomic E-state index is -2.92. The van der Waals surface area contributed by atoms with E-state index < -0.39 is 18.7 Å². The first-order valence-electron chi connectivity index (χ1n) is 9.03. The first-order valence-corrected chi connectivity index (χ1v) is 9.03. The van der Waals surface area contributed by atoms with E-state index in [1.54, 1.807) is 50.4 Å². The summed E-state index contributed by atoms with van der Waals surface area (Å²) >= 11 is 0. The van der Waals surface area contributed by atoms with Crippen molar-refractivity contribution in [2.75, 3.05) is 7.11 Å². The van der Waals surface area contributed by atoms with E-state index in [1.165, 1.54) is 19.1 Å². The Kier molecular flexibility index (Phi) is 7.94. The van der Waals surface area contributed by atoms with Crippen LogP contribution in [-0.2, 0) is 9.59 Å². The third kappa shape index (κ3) is 7.06. The van der Waals surface area contributed by atoms with Gasteiger partial charge in [0.15, 0.2) is 0 Å². The van der Waals surface area contributed by atoms with Crippen LogP contribution in [0.25, 0.3) is 0 Å². The highest BCUT2D eigenvalue weighted by Crippen LogP contribution is 2.23. The summed E-state index contributed by atoms with van der Waals surface area (Å²) < 4.78 is 34.3. The zero-order valence-corrected chi connectivity index (χ0v) is 16.4. The molecule has 0 aliphatic carbocycles. The summed E-state index contributed by atoms with van der Waals surface area (Å²) in [6, 6.07) is 12.3. The van der Waals surface area contributed by atoms with Crippen molar-refractivity contribution in [3.63, 3.8) is 0 Å². The first-order chi connectivity index (χ1) is 13.8. The highest BCUT2D eigenvalue weighted by atomic mass is 19.3. The van der Waals surface area contributed by atoms with E-state index in [2.05, 4.69) is 15.4 Å². The number of hydrogen-bond acceptors (Lipinski definition) is 4. The van der Waals surface area contributed by atoms with Gasteiger partial charge in [-0.2, -0.15) is 8.78 Å². The smallest absolute Gasteiger partial charge is 0.387 e. The van der Waals surface area contributed by atoms with Gasteiger partial charge in [-0.25, -0.2) is 0 Å². The number of carbonyl (C=O) groups is 2. The second-order valence-corrected chi connectivity index (χ2v) is 6.47. The molecule has 2 aromatic carbocycles. The lowest BCUT2D eigenvalue weighted by molar-refractivity contribution is -0.123. The number of halogens is 2. The SMILES string of the molecule is COc1ccc(C(CC(=O)NC(C)c2cccc(OC(F)F)c2)NC(C)=O)cc1. The van der Waals surface area contributed by atoms with Gasteiger partial charge in [0, 0.05) is 6.92 Å². The van der Waals surface area contributed by atoms with Gasteiger partial charge < -0.3 is 20.1 Å². The van der Waals surface area contributed by atoms with E-state index in [-0.39, 0.29) is 24.0 Å². The molecule has 0 fully saturated rings. The number of methoxy groups -OCH3 is 1. The lowest BCUT2D eigenvalue weighted by atomic mass is 10.0. The van der Waals surface area contributed by atoms with Crippen LogP contribution in [0.5, 0.6) is 11.5 Å². The molecule has 0 radical (unpaired) electrons. The molecule has 0 aromatic heterocycles. The van der Waals surface area contributed by atoms with Crippen LogP contribution in [0.1, 0.15) is 43.5 Å². The molecule has 0 saturated heterocycles. The number of carbonyl (C=O) groups excluding carboxylic acids is 2. The molecule has 6 nitrogen and oxygen atoms in total. The second kappa shape index (κ2) is 10.4. The molecule has 156 valence electrons. The molecule has 2 unspecified atom stereocenters. The number of benzene rings is 2. The van der Waals surface area contributed by atoms with Crippen molar-refractivity contribution >= 4 is 11.8 Å². The molecular weight excluding hydrogens is 382 g/mol. The Hall–Kier alpha value is -3.16. The molecule has 0 aliphatic rings. The van der Waals surface area contributed by atoms with Crippen molar-refractivity contribution in [1.29, 1.82) is 0 Å². The topological polar surface area (TPSA) is 76.7 Å². The van der Waals surface area contributed by atoms with Gasteiger partial charge in [0.2, 0.25) is 11.8 Å². The van der Waals surface area contributed by atoms with Crippen molar-refractivity contribution in [2.45, 2.75) is 39.0 Å². The average molecular weight is 406 g/mol. The van der Waals surface area contributed by atoms with Crippen molar-refractivity contribution < 1.29 is 27.8 Å². The number of rotatable bonds is 9. The largest absolute Gasteiger partial charge is 0.497 e. The predicted octanol–water partition coefficient (Wildman–Crippen LogP) is 3.74. The van der Waals surface area contributed by atoms with Crippen LogP contribution >= 0.6 is 0 Å². The normalized spacial score (nSPS) is 12.8. The molecule has 29 heavy (non-hydrogen) atoms. The maximum absolute atomic E-state index is 12.5. The van der Waals surface area contributed by atoms with Gasteiger partial charge in [-0.05, 0) is 42.3 Å². The minimum Gasteiger partial charge on any atom is -0.497 e. The highest BCUT2D eigenvalue weighted by Gasteiger charge is 2.19. The zero-order chi connectivity index (χ0) is 21.4. The van der Waals surface area contributed by atoms with E-state index in [9.17, 15) is 18.4 Å². The van der Waals surface area contributed by atoms with E-state index >= 15 is 0 Å². The van der Waals surface area contributed by atoms with Gasteiger partial charge >= 0.3 is 6.61 Å². The molecule has 2 N–H and O–H groups in total. The quantitative estimate of drug-likeness (QED) is 0.665. The summed E-state index contributed by atoms with van der Waals surface area (Å²) in [5.41, 5.74) is 1.38. The molecule has 0 bridgehead atoms. The summed E-state index contributed by atoms with van der Waals surface area (Å²) in [6.45, 7) is 0.198. The van der Waals surface area contributed by atoms with Gasteiger partial charge in [0.05, 0.1) is 25.6 Å². The Bertz CT molecular complexity index is 828. The summed E-state index contributed by atoms with van der Waals surface area (Å²) in [6.07, 6.45) is 0.0173. The molecule has 0 spiro atoms. The minimum absolute atomic E-state index is 0.0173. The van der Waals surface area contributed by atoms with Crippen LogP contribution < -0.4 is 20.1 Å². The number of hydrogen-bond donors (Lipinski definition) is 2. The van der Waals surface area contributed by atoms with Crippen molar-refractivity contribution in [3.05, 3.63) is 59.7 Å². The van der Waals surface area contributed by atoms with E-state index in [0.717, 1.165) is 5.56 Å². The van der Waals surface area contributed by atoms with Crippen molar-refractivity contribution in [2.24, 2.45) is 0 Å². The summed E-state index contributed by atoms with van der Waals surface area (Å²) in [5, 5.41) is 5.58. The molecule has 0 aliphatic heterocycles. The lowest BCUT2D eigenvalue weighted by Crippen LogP contribution is -2.33. The maximum atomic E-state index is 12.5. The molecular formula is C21H24F2N2O4. The predicted molar refractivity (Wildman–Crippen MR) is 104 cm³/mol. The number of alkyl halides is 2. The third-order valence-electron chi connectivity index (χ3n) is 4.25. The summed E-state index contributed by atoms with van der Waals surface area (Å²) in [7, 11) is 1.55. The fraction of sp³-hybridized carbons (Fsp3) is 0.333. The van der Waals surface area contributed by atoms with Crippen LogP contribution in [0.15, 0.2) is 48.5 Å². The molecule has 2 aromatic rings. The van der Waals surface area contributed by atoms with Crippen molar-refractivity contribution in [1.82, 2.24) is 10.6 Å².